The monoisotopic (exact) mass is 248 g/mol. The largest absolute Gasteiger partial charge is 0.382 e. The van der Waals surface area contributed by atoms with Crippen molar-refractivity contribution < 1.29 is 14.2 Å². The second kappa shape index (κ2) is 18.0. The van der Waals surface area contributed by atoms with Gasteiger partial charge in [-0.15, -0.1) is 6.58 Å². The van der Waals surface area contributed by atoms with Crippen LogP contribution in [0.5, 0.6) is 0 Å². The Bertz CT molecular complexity index is 123. The number of methoxy groups -OCH3 is 2. The summed E-state index contributed by atoms with van der Waals surface area (Å²) in [6, 6.07) is 0. The maximum absolute atomic E-state index is 5.07. The molecule has 0 rings (SSSR count). The van der Waals surface area contributed by atoms with Crippen LogP contribution in [-0.2, 0) is 14.2 Å². The highest BCUT2D eigenvalue weighted by atomic mass is 16.5. The van der Waals surface area contributed by atoms with Gasteiger partial charge >= 0.3 is 0 Å². The van der Waals surface area contributed by atoms with Crippen LogP contribution in [-0.4, -0.2) is 39.1 Å². The lowest BCUT2D eigenvalue weighted by molar-refractivity contribution is 0.103. The normalized spacial score (nSPS) is 9.59. The average Bonchev–Trinajstić information content (AvgIpc) is 2.27. The fraction of sp³-hybridized carbons (Fsp3) is 0.857. The molecule has 0 saturated heterocycles. The van der Waals surface area contributed by atoms with Gasteiger partial charge in [0.05, 0.1) is 24.9 Å². The average molecular weight is 248 g/mol. The molecular formula is C14H32O3. The number of rotatable bonds is 5. The number of ether oxygens (including phenoxy) is 3. The molecule has 0 fully saturated rings. The molecule has 0 aliphatic heterocycles. The fourth-order valence-electron chi connectivity index (χ4n) is 0.260. The molecule has 3 heteroatoms. The smallest absolute Gasteiger partial charge is 0.0648 e. The Labute approximate surface area is 108 Å². The highest BCUT2D eigenvalue weighted by Gasteiger charge is 1.85. The summed E-state index contributed by atoms with van der Waals surface area (Å²) in [5, 5.41) is 0. The van der Waals surface area contributed by atoms with Gasteiger partial charge in [-0.25, -0.2) is 0 Å². The van der Waals surface area contributed by atoms with Crippen LogP contribution in [0.25, 0.3) is 0 Å². The van der Waals surface area contributed by atoms with Crippen molar-refractivity contribution in [2.45, 2.75) is 59.9 Å². The van der Waals surface area contributed by atoms with Crippen molar-refractivity contribution in [2.75, 3.05) is 20.8 Å². The standard InChI is InChI=1S/C6H12O.2C4H10O/c1-4-5-7-6(2)3;2*1-4(2)5-3/h4,6H,1,5H2,2-3H3;2*4H,1-3H3. The van der Waals surface area contributed by atoms with E-state index in [-0.39, 0.29) is 0 Å². The van der Waals surface area contributed by atoms with E-state index >= 15 is 0 Å². The maximum Gasteiger partial charge on any atom is 0.0648 e. The van der Waals surface area contributed by atoms with Gasteiger partial charge in [-0.1, -0.05) is 6.08 Å². The van der Waals surface area contributed by atoms with Crippen LogP contribution < -0.4 is 0 Å². The first-order valence-electron chi connectivity index (χ1n) is 6.09. The first kappa shape index (κ1) is 21.9. The van der Waals surface area contributed by atoms with Crippen molar-refractivity contribution in [2.24, 2.45) is 0 Å². The minimum atomic E-state index is 0.331. The number of hydrogen-bond donors (Lipinski definition) is 0. The summed E-state index contributed by atoms with van der Waals surface area (Å²) < 4.78 is 14.6. The molecule has 0 saturated carbocycles. The lowest BCUT2D eigenvalue weighted by atomic mass is 10.5. The third-order valence-electron chi connectivity index (χ3n) is 1.49. The van der Waals surface area contributed by atoms with Gasteiger partial charge in [-0.05, 0) is 41.5 Å². The summed E-state index contributed by atoms with van der Waals surface area (Å²) in [5.74, 6) is 0. The minimum Gasteiger partial charge on any atom is -0.382 e. The van der Waals surface area contributed by atoms with Gasteiger partial charge < -0.3 is 14.2 Å². The van der Waals surface area contributed by atoms with E-state index in [4.69, 9.17) is 14.2 Å². The van der Waals surface area contributed by atoms with E-state index in [2.05, 4.69) is 6.58 Å². The molecule has 17 heavy (non-hydrogen) atoms. The minimum absolute atomic E-state index is 0.331. The molecule has 106 valence electrons. The summed E-state index contributed by atoms with van der Waals surface area (Å²) in [7, 11) is 3.40. The predicted octanol–water partition coefficient (Wildman–Crippen LogP) is 3.68. The molecule has 0 aromatic rings. The molecule has 0 bridgehead atoms. The van der Waals surface area contributed by atoms with Crippen LogP contribution in [0.15, 0.2) is 12.7 Å². The van der Waals surface area contributed by atoms with E-state index in [1.807, 2.05) is 41.5 Å². The van der Waals surface area contributed by atoms with Crippen LogP contribution in [0, 0.1) is 0 Å². The zero-order valence-corrected chi connectivity index (χ0v) is 12.9. The van der Waals surface area contributed by atoms with Gasteiger partial charge in [0, 0.05) is 14.2 Å². The Morgan fingerprint density at radius 1 is 0.824 bits per heavy atom. The Kier molecular flexibility index (Phi) is 23.1. The molecule has 0 spiro atoms. The van der Waals surface area contributed by atoms with Crippen molar-refractivity contribution in [3.8, 4) is 0 Å². The van der Waals surface area contributed by atoms with Crippen molar-refractivity contribution in [3.63, 3.8) is 0 Å². The summed E-state index contributed by atoms with van der Waals surface area (Å²) in [6.45, 7) is 16.2. The Morgan fingerprint density at radius 3 is 1.18 bits per heavy atom. The molecule has 0 aromatic carbocycles. The first-order chi connectivity index (χ1) is 7.81. The van der Waals surface area contributed by atoms with E-state index in [0.717, 1.165) is 0 Å². The molecule has 0 unspecified atom stereocenters. The van der Waals surface area contributed by atoms with Gasteiger partial charge in [0.15, 0.2) is 0 Å². The van der Waals surface area contributed by atoms with Crippen LogP contribution in [0.1, 0.15) is 41.5 Å². The maximum atomic E-state index is 5.07. The molecular weight excluding hydrogens is 216 g/mol. The van der Waals surface area contributed by atoms with Crippen molar-refractivity contribution in [1.29, 1.82) is 0 Å². The molecule has 0 radical (unpaired) electrons. The molecule has 3 nitrogen and oxygen atoms in total. The van der Waals surface area contributed by atoms with Gasteiger partial charge in [0.2, 0.25) is 0 Å². The fourth-order valence-corrected chi connectivity index (χ4v) is 0.260. The summed E-state index contributed by atoms with van der Waals surface area (Å²) in [5.41, 5.74) is 0. The van der Waals surface area contributed by atoms with Gasteiger partial charge in [-0.3, -0.25) is 0 Å². The molecule has 0 aromatic heterocycles. The van der Waals surface area contributed by atoms with Gasteiger partial charge in [0.1, 0.15) is 0 Å². The summed E-state index contributed by atoms with van der Waals surface area (Å²) in [4.78, 5) is 0. The molecule has 0 atom stereocenters. The van der Waals surface area contributed by atoms with Crippen molar-refractivity contribution in [1.82, 2.24) is 0 Å². The van der Waals surface area contributed by atoms with Crippen molar-refractivity contribution in [3.05, 3.63) is 12.7 Å². The topological polar surface area (TPSA) is 27.7 Å². The lowest BCUT2D eigenvalue weighted by Gasteiger charge is -2.01. The zero-order chi connectivity index (χ0) is 14.3. The van der Waals surface area contributed by atoms with E-state index < -0.39 is 0 Å². The second-order valence-electron chi connectivity index (χ2n) is 4.24. The highest BCUT2D eigenvalue weighted by Crippen LogP contribution is 1.84. The first-order valence-corrected chi connectivity index (χ1v) is 6.09. The molecule has 0 aliphatic carbocycles. The van der Waals surface area contributed by atoms with Gasteiger partial charge in [-0.2, -0.15) is 0 Å². The Morgan fingerprint density at radius 2 is 1.12 bits per heavy atom. The highest BCUT2D eigenvalue weighted by molar-refractivity contribution is 4.64. The summed E-state index contributed by atoms with van der Waals surface area (Å²) in [6.07, 6.45) is 2.85. The SMILES string of the molecule is C=CCOC(C)C.COC(C)C.COC(C)C. The Hall–Kier alpha value is -0.380. The number of hydrogen-bond acceptors (Lipinski definition) is 3. The van der Waals surface area contributed by atoms with Crippen LogP contribution in [0.2, 0.25) is 0 Å². The van der Waals surface area contributed by atoms with Gasteiger partial charge in [0.25, 0.3) is 0 Å². The van der Waals surface area contributed by atoms with E-state index in [1.165, 1.54) is 0 Å². The molecule has 0 heterocycles. The zero-order valence-electron chi connectivity index (χ0n) is 12.9. The van der Waals surface area contributed by atoms with Crippen LogP contribution in [0.4, 0.5) is 0 Å². The van der Waals surface area contributed by atoms with Crippen LogP contribution in [0.3, 0.4) is 0 Å². The molecule has 0 amide bonds. The van der Waals surface area contributed by atoms with Crippen molar-refractivity contribution >= 4 is 0 Å². The second-order valence-corrected chi connectivity index (χ2v) is 4.24. The van der Waals surface area contributed by atoms with E-state index in [0.29, 0.717) is 24.9 Å². The summed E-state index contributed by atoms with van der Waals surface area (Å²) >= 11 is 0. The quantitative estimate of drug-likeness (QED) is 0.695. The third-order valence-corrected chi connectivity index (χ3v) is 1.49. The van der Waals surface area contributed by atoms with E-state index in [1.54, 1.807) is 20.3 Å². The third kappa shape index (κ3) is 49.9. The molecule has 0 N–H and O–H groups in total. The van der Waals surface area contributed by atoms with Crippen LogP contribution >= 0.6 is 0 Å². The molecule has 0 aliphatic rings. The van der Waals surface area contributed by atoms with E-state index in [9.17, 15) is 0 Å². The Balaban J connectivity index is -0.000000177. The lowest BCUT2D eigenvalue weighted by Crippen LogP contribution is -2.00. The predicted molar refractivity (Wildman–Crippen MR) is 75.6 cm³/mol.